The summed E-state index contributed by atoms with van der Waals surface area (Å²) in [4.78, 5) is 37.5. The molecule has 88 heavy (non-hydrogen) atoms. The molecule has 2 atom stereocenters. The number of unbranched alkanes of at least 4 members (excludes halogenated alkanes) is 34. The second kappa shape index (κ2) is 68.9. The maximum absolute atomic E-state index is 12.9. The highest BCUT2D eigenvalue weighted by Gasteiger charge is 2.22. The lowest BCUT2D eigenvalue weighted by atomic mass is 10.0. The number of hydrogen-bond donors (Lipinski definition) is 0. The van der Waals surface area contributed by atoms with E-state index in [-0.39, 0.29) is 38.6 Å². The summed E-state index contributed by atoms with van der Waals surface area (Å²) in [6.07, 6.45) is 93.3. The molecule has 9 nitrogen and oxygen atoms in total. The number of aliphatic carboxylic acids is 1. The normalized spacial score (nSPS) is 13.3. The number of quaternary nitrogens is 1. The van der Waals surface area contributed by atoms with Crippen LogP contribution in [0.2, 0.25) is 0 Å². The Balaban J connectivity index is 4.16. The Morgan fingerprint density at radius 2 is 0.648 bits per heavy atom. The summed E-state index contributed by atoms with van der Waals surface area (Å²) in [5.41, 5.74) is 0. The van der Waals surface area contributed by atoms with Crippen LogP contribution in [0, 0.1) is 0 Å². The number of allylic oxidation sites excluding steroid dienone is 18. The van der Waals surface area contributed by atoms with Crippen LogP contribution in [0.15, 0.2) is 109 Å². The number of likely N-dealkylation sites (N-methyl/N-ethyl adjacent to an activating group) is 1. The predicted molar refractivity (Wildman–Crippen MR) is 375 cm³/mol. The molecule has 9 heteroatoms. The molecule has 0 rings (SSSR count). The van der Waals surface area contributed by atoms with Gasteiger partial charge in [0.1, 0.15) is 13.2 Å². The van der Waals surface area contributed by atoms with Crippen molar-refractivity contribution in [1.29, 1.82) is 0 Å². The van der Waals surface area contributed by atoms with E-state index in [0.29, 0.717) is 17.4 Å². The number of esters is 2. The molecule has 0 radical (unpaired) electrons. The fourth-order valence-corrected chi connectivity index (χ4v) is 10.2. The van der Waals surface area contributed by atoms with E-state index in [1.165, 1.54) is 186 Å². The van der Waals surface area contributed by atoms with Crippen molar-refractivity contribution in [3.63, 3.8) is 0 Å². The molecular formula is C79H137NO8. The molecule has 0 saturated carbocycles. The first-order valence-electron chi connectivity index (χ1n) is 36.5. The summed E-state index contributed by atoms with van der Waals surface area (Å²) in [6.45, 7) is 4.63. The van der Waals surface area contributed by atoms with E-state index in [9.17, 15) is 19.5 Å². The van der Waals surface area contributed by atoms with Crippen LogP contribution in [0.3, 0.4) is 0 Å². The molecule has 506 valence electrons. The fraction of sp³-hybridized carbons (Fsp3) is 0.734. The zero-order valence-corrected chi connectivity index (χ0v) is 57.8. The number of carbonyl (C=O) groups is 3. The highest BCUT2D eigenvalue weighted by atomic mass is 16.7. The molecule has 0 aliphatic rings. The van der Waals surface area contributed by atoms with E-state index in [4.69, 9.17) is 18.9 Å². The van der Waals surface area contributed by atoms with Gasteiger partial charge in [0.15, 0.2) is 12.4 Å². The Morgan fingerprint density at radius 1 is 0.352 bits per heavy atom. The quantitative estimate of drug-likeness (QED) is 0.0195. The molecular weight excluding hydrogens is 1090 g/mol. The van der Waals surface area contributed by atoms with Crippen LogP contribution in [0.1, 0.15) is 316 Å². The van der Waals surface area contributed by atoms with Crippen molar-refractivity contribution >= 4 is 17.9 Å². The van der Waals surface area contributed by atoms with Crippen molar-refractivity contribution < 1.29 is 42.9 Å². The number of carbonyl (C=O) groups excluding carboxylic acids is 3. The molecule has 0 aliphatic heterocycles. The van der Waals surface area contributed by atoms with Gasteiger partial charge in [-0.15, -0.1) is 0 Å². The summed E-state index contributed by atoms with van der Waals surface area (Å²) in [7, 11) is 5.92. The molecule has 0 aromatic carbocycles. The molecule has 0 spiro atoms. The lowest BCUT2D eigenvalue weighted by molar-refractivity contribution is -0.870. The summed E-state index contributed by atoms with van der Waals surface area (Å²) in [6, 6.07) is 0. The molecule has 0 fully saturated rings. The second-order valence-electron chi connectivity index (χ2n) is 25.5. The molecule has 0 heterocycles. The number of nitrogens with zero attached hydrogens (tertiary/aromatic N) is 1. The van der Waals surface area contributed by atoms with Gasteiger partial charge in [-0.05, 0) is 83.5 Å². The van der Waals surface area contributed by atoms with E-state index in [0.717, 1.165) is 96.3 Å². The van der Waals surface area contributed by atoms with Gasteiger partial charge in [-0.1, -0.05) is 329 Å². The fourth-order valence-electron chi connectivity index (χ4n) is 10.2. The highest BCUT2D eigenvalue weighted by molar-refractivity contribution is 5.70. The first kappa shape index (κ1) is 84.0. The van der Waals surface area contributed by atoms with Crippen LogP contribution in [0.5, 0.6) is 0 Å². The lowest BCUT2D eigenvalue weighted by Gasteiger charge is -2.26. The van der Waals surface area contributed by atoms with Crippen LogP contribution in [0.4, 0.5) is 0 Å². The number of rotatable bonds is 67. The van der Waals surface area contributed by atoms with Gasteiger partial charge < -0.3 is 33.3 Å². The lowest BCUT2D eigenvalue weighted by Crippen LogP contribution is -2.44. The standard InChI is InChI=1S/C79H137NO8/c1-6-8-10-12-14-16-18-20-22-24-26-28-30-32-34-36-38-40-41-43-45-47-49-51-53-55-57-59-61-63-65-67-69-76(81)86-73-75(74-87-79(78(83)84)85-72-71-80(3,4)5)88-77(82)70-68-66-64-62-60-58-56-54-52-50-48-46-44-42-39-37-35-33-31-29-27-25-23-21-19-17-15-13-11-9-7-2/h9,11,15,17,21,23,27,29,33,35,39,42,46,48,52,54,58,60,75,79H,6-8,10,12-14,16,18-20,22,24-26,28,30-32,34,36-38,40-41,43-45,47,49-51,53,55-57,59,61-74H2,1-5H3/b11-9-,17-15-,23-21-,29-27-,35-33-,42-39-,48-46-,54-52-,60-58-. The summed E-state index contributed by atoms with van der Waals surface area (Å²) in [5.74, 6) is -2.32. The van der Waals surface area contributed by atoms with Crippen molar-refractivity contribution in [3.8, 4) is 0 Å². The van der Waals surface area contributed by atoms with Crippen molar-refractivity contribution in [2.75, 3.05) is 47.5 Å². The minimum atomic E-state index is -1.64. The van der Waals surface area contributed by atoms with Crippen molar-refractivity contribution in [3.05, 3.63) is 109 Å². The van der Waals surface area contributed by atoms with Gasteiger partial charge in [0.25, 0.3) is 0 Å². The third kappa shape index (κ3) is 69.4. The predicted octanol–water partition coefficient (Wildman–Crippen LogP) is 21.6. The number of hydrogen-bond acceptors (Lipinski definition) is 8. The van der Waals surface area contributed by atoms with Crippen LogP contribution < -0.4 is 5.11 Å². The van der Waals surface area contributed by atoms with E-state index in [2.05, 4.69) is 123 Å². The first-order valence-corrected chi connectivity index (χ1v) is 36.5. The average Bonchev–Trinajstić information content (AvgIpc) is 3.50. The Kier molecular flexibility index (Phi) is 65.7. The molecule has 0 bridgehead atoms. The molecule has 0 aromatic heterocycles. The minimum Gasteiger partial charge on any atom is -0.545 e. The van der Waals surface area contributed by atoms with Gasteiger partial charge >= 0.3 is 11.9 Å². The van der Waals surface area contributed by atoms with E-state index >= 15 is 0 Å². The largest absolute Gasteiger partial charge is 0.545 e. The zero-order chi connectivity index (χ0) is 64.0. The third-order valence-corrected chi connectivity index (χ3v) is 15.8. The minimum absolute atomic E-state index is 0.137. The van der Waals surface area contributed by atoms with E-state index in [1.807, 2.05) is 21.1 Å². The topological polar surface area (TPSA) is 111 Å². The highest BCUT2D eigenvalue weighted by Crippen LogP contribution is 2.18. The smallest absolute Gasteiger partial charge is 0.306 e. The summed E-state index contributed by atoms with van der Waals surface area (Å²) in [5, 5.41) is 11.8. The van der Waals surface area contributed by atoms with Gasteiger partial charge in [-0.3, -0.25) is 9.59 Å². The van der Waals surface area contributed by atoms with Crippen LogP contribution in [-0.2, 0) is 33.3 Å². The van der Waals surface area contributed by atoms with E-state index in [1.54, 1.807) is 0 Å². The third-order valence-electron chi connectivity index (χ3n) is 15.8. The zero-order valence-electron chi connectivity index (χ0n) is 57.8. The molecule has 0 N–H and O–H groups in total. The maximum atomic E-state index is 12.9. The molecule has 0 amide bonds. The molecule has 0 aliphatic carbocycles. The van der Waals surface area contributed by atoms with E-state index < -0.39 is 24.3 Å². The number of ether oxygens (including phenoxy) is 4. The number of carboxylic acids is 1. The molecule has 0 aromatic rings. The van der Waals surface area contributed by atoms with Gasteiger partial charge in [0, 0.05) is 12.8 Å². The van der Waals surface area contributed by atoms with Gasteiger partial charge in [-0.2, -0.15) is 0 Å². The Hall–Kier alpha value is -4.05. The SMILES string of the molecule is CC/C=C\C/C=C\C/C=C\C/C=C\C/C=C\C/C=C\C/C=C\C/C=C\C/C=C\CCCCCC(=O)OC(COC(=O)CCCCCCCCCCCCCCCCCCCCCCCCCCCCCCCCCC)COC(OCC[N+](C)(C)C)C(=O)[O-]. The Labute approximate surface area is 543 Å². The van der Waals surface area contributed by atoms with Crippen LogP contribution in [-0.4, -0.2) is 82.3 Å². The second-order valence-corrected chi connectivity index (χ2v) is 25.5. The molecule has 0 saturated heterocycles. The Bertz CT molecular complexity index is 1810. The van der Waals surface area contributed by atoms with Crippen molar-refractivity contribution in [1.82, 2.24) is 0 Å². The Morgan fingerprint density at radius 3 is 0.966 bits per heavy atom. The summed E-state index contributed by atoms with van der Waals surface area (Å²) >= 11 is 0. The maximum Gasteiger partial charge on any atom is 0.306 e. The van der Waals surface area contributed by atoms with Gasteiger partial charge in [0.2, 0.25) is 0 Å². The van der Waals surface area contributed by atoms with Crippen LogP contribution in [0.25, 0.3) is 0 Å². The molecule has 2 unspecified atom stereocenters. The van der Waals surface area contributed by atoms with Crippen molar-refractivity contribution in [2.24, 2.45) is 0 Å². The average molecular weight is 1230 g/mol. The van der Waals surface area contributed by atoms with Gasteiger partial charge in [-0.25, -0.2) is 0 Å². The number of carboxylic acid groups (broad SMARTS) is 1. The van der Waals surface area contributed by atoms with Crippen molar-refractivity contribution in [2.45, 2.75) is 328 Å². The summed E-state index contributed by atoms with van der Waals surface area (Å²) < 4.78 is 22.8. The monoisotopic (exact) mass is 1230 g/mol. The van der Waals surface area contributed by atoms with Gasteiger partial charge in [0.05, 0.1) is 40.3 Å². The first-order chi connectivity index (χ1) is 43.1. The van der Waals surface area contributed by atoms with Crippen LogP contribution >= 0.6 is 0 Å².